The Morgan fingerprint density at radius 2 is 1.96 bits per heavy atom. The second-order valence-electron chi connectivity index (χ2n) is 7.11. The van der Waals surface area contributed by atoms with Crippen molar-refractivity contribution in [3.63, 3.8) is 0 Å². The lowest BCUT2D eigenvalue weighted by atomic mass is 10.0. The number of aryl methyl sites for hydroxylation is 1. The van der Waals surface area contributed by atoms with E-state index >= 15 is 0 Å². The van der Waals surface area contributed by atoms with Gasteiger partial charge in [-0.3, -0.25) is 9.78 Å². The van der Waals surface area contributed by atoms with E-state index in [4.69, 9.17) is 0 Å². The summed E-state index contributed by atoms with van der Waals surface area (Å²) in [5, 5.41) is 3.17. The summed E-state index contributed by atoms with van der Waals surface area (Å²) in [5.74, 6) is 0.656. The fraction of sp³-hybridized carbons (Fsp3) is 0.273. The number of benzene rings is 1. The number of hydrogen-bond donors (Lipinski definition) is 1. The summed E-state index contributed by atoms with van der Waals surface area (Å²) < 4.78 is 0. The number of anilines is 1. The Kier molecular flexibility index (Phi) is 5.28. The van der Waals surface area contributed by atoms with Crippen molar-refractivity contribution in [2.45, 2.75) is 25.8 Å². The molecule has 0 spiro atoms. The van der Waals surface area contributed by atoms with Crippen molar-refractivity contribution < 1.29 is 4.79 Å². The van der Waals surface area contributed by atoms with Crippen molar-refractivity contribution in [3.05, 3.63) is 72.2 Å². The van der Waals surface area contributed by atoms with Crippen molar-refractivity contribution in [1.82, 2.24) is 20.3 Å². The van der Waals surface area contributed by atoms with Gasteiger partial charge in [0.25, 0.3) is 5.91 Å². The minimum Gasteiger partial charge on any atom is -0.348 e. The average Bonchev–Trinajstić information content (AvgIpc) is 2.75. The summed E-state index contributed by atoms with van der Waals surface area (Å²) in [6.07, 6.45) is 7.28. The summed E-state index contributed by atoms with van der Waals surface area (Å²) in [5.41, 5.74) is 3.57. The molecule has 28 heavy (non-hydrogen) atoms. The molecule has 1 aromatic carbocycles. The van der Waals surface area contributed by atoms with E-state index in [1.165, 1.54) is 0 Å². The lowest BCUT2D eigenvalue weighted by molar-refractivity contribution is 0.0933. The van der Waals surface area contributed by atoms with Gasteiger partial charge in [-0.2, -0.15) is 0 Å². The van der Waals surface area contributed by atoms with Crippen LogP contribution in [0.2, 0.25) is 0 Å². The van der Waals surface area contributed by atoms with Gasteiger partial charge in [0.15, 0.2) is 0 Å². The zero-order valence-corrected chi connectivity index (χ0v) is 15.9. The molecule has 3 aromatic rings. The predicted molar refractivity (Wildman–Crippen MR) is 109 cm³/mol. The zero-order valence-electron chi connectivity index (χ0n) is 15.9. The van der Waals surface area contributed by atoms with E-state index in [1.54, 1.807) is 12.4 Å². The number of carbonyl (C=O) groups excluding carboxylic acids is 1. The molecule has 0 aliphatic carbocycles. The fourth-order valence-electron chi connectivity index (χ4n) is 3.46. The first-order chi connectivity index (χ1) is 13.7. The van der Waals surface area contributed by atoms with E-state index in [2.05, 4.69) is 25.2 Å². The van der Waals surface area contributed by atoms with Gasteiger partial charge in [0.2, 0.25) is 5.95 Å². The van der Waals surface area contributed by atoms with Gasteiger partial charge in [-0.25, -0.2) is 9.97 Å². The first kappa shape index (κ1) is 18.1. The lowest BCUT2D eigenvalue weighted by Crippen LogP contribution is -2.48. The SMILES string of the molecule is Cc1ccc(-c2cccc(C(=O)NC3CCCN(c4ncccn4)C3)c2)nc1. The molecule has 3 heterocycles. The molecule has 4 rings (SSSR count). The van der Waals surface area contributed by atoms with Crippen LogP contribution in [0.4, 0.5) is 5.95 Å². The maximum absolute atomic E-state index is 12.8. The van der Waals surface area contributed by atoms with E-state index in [1.807, 2.05) is 55.6 Å². The zero-order chi connectivity index (χ0) is 19.3. The van der Waals surface area contributed by atoms with E-state index in [0.29, 0.717) is 11.5 Å². The Balaban J connectivity index is 1.45. The highest BCUT2D eigenvalue weighted by atomic mass is 16.1. The maximum atomic E-state index is 12.8. The molecule has 142 valence electrons. The molecule has 1 amide bonds. The van der Waals surface area contributed by atoms with Crippen molar-refractivity contribution in [2.24, 2.45) is 0 Å². The van der Waals surface area contributed by atoms with Crippen molar-refractivity contribution >= 4 is 11.9 Å². The number of pyridine rings is 1. The maximum Gasteiger partial charge on any atom is 0.251 e. The number of nitrogens with zero attached hydrogens (tertiary/aromatic N) is 4. The van der Waals surface area contributed by atoms with Crippen molar-refractivity contribution in [1.29, 1.82) is 0 Å². The third kappa shape index (κ3) is 4.17. The molecule has 6 nitrogen and oxygen atoms in total. The summed E-state index contributed by atoms with van der Waals surface area (Å²) in [4.78, 5) is 28.0. The van der Waals surface area contributed by atoms with Gasteiger partial charge in [-0.05, 0) is 49.6 Å². The van der Waals surface area contributed by atoms with Crippen LogP contribution in [-0.4, -0.2) is 40.0 Å². The van der Waals surface area contributed by atoms with Crippen LogP contribution in [-0.2, 0) is 0 Å². The second kappa shape index (κ2) is 8.17. The Hall–Kier alpha value is -3.28. The fourth-order valence-corrected chi connectivity index (χ4v) is 3.46. The molecule has 1 N–H and O–H groups in total. The Morgan fingerprint density at radius 1 is 1.11 bits per heavy atom. The number of piperidine rings is 1. The number of aromatic nitrogens is 3. The van der Waals surface area contributed by atoms with Gasteiger partial charge in [0.1, 0.15) is 0 Å². The molecule has 1 atom stereocenters. The predicted octanol–water partition coefficient (Wildman–Crippen LogP) is 3.25. The van der Waals surface area contributed by atoms with E-state index < -0.39 is 0 Å². The Labute approximate surface area is 164 Å². The van der Waals surface area contributed by atoms with Crippen LogP contribution in [0, 0.1) is 6.92 Å². The molecule has 1 fully saturated rings. The quantitative estimate of drug-likeness (QED) is 0.760. The number of amides is 1. The first-order valence-corrected chi connectivity index (χ1v) is 9.55. The number of carbonyl (C=O) groups is 1. The first-order valence-electron chi connectivity index (χ1n) is 9.55. The molecule has 1 aliphatic heterocycles. The molecule has 6 heteroatoms. The molecular formula is C22H23N5O. The Bertz CT molecular complexity index is 943. The Morgan fingerprint density at radius 3 is 2.75 bits per heavy atom. The van der Waals surface area contributed by atoms with Gasteiger partial charge < -0.3 is 10.2 Å². The summed E-state index contributed by atoms with van der Waals surface area (Å²) >= 11 is 0. The van der Waals surface area contributed by atoms with Crippen molar-refractivity contribution in [2.75, 3.05) is 18.0 Å². The minimum absolute atomic E-state index is 0.0604. The highest BCUT2D eigenvalue weighted by Gasteiger charge is 2.23. The smallest absolute Gasteiger partial charge is 0.251 e. The molecule has 1 saturated heterocycles. The molecule has 1 unspecified atom stereocenters. The van der Waals surface area contributed by atoms with Gasteiger partial charge in [0, 0.05) is 48.8 Å². The monoisotopic (exact) mass is 373 g/mol. The summed E-state index contributed by atoms with van der Waals surface area (Å²) in [6.45, 7) is 3.63. The summed E-state index contributed by atoms with van der Waals surface area (Å²) in [7, 11) is 0. The molecule has 0 radical (unpaired) electrons. The van der Waals surface area contributed by atoms with Crippen LogP contribution in [0.15, 0.2) is 61.1 Å². The van der Waals surface area contributed by atoms with Gasteiger partial charge in [0.05, 0.1) is 5.69 Å². The van der Waals surface area contributed by atoms with Crippen LogP contribution in [0.3, 0.4) is 0 Å². The highest BCUT2D eigenvalue weighted by molar-refractivity contribution is 5.95. The number of hydrogen-bond acceptors (Lipinski definition) is 5. The molecule has 0 bridgehead atoms. The normalized spacial score (nSPS) is 16.6. The third-order valence-corrected chi connectivity index (χ3v) is 4.92. The van der Waals surface area contributed by atoms with Gasteiger partial charge in [-0.1, -0.05) is 18.2 Å². The largest absolute Gasteiger partial charge is 0.348 e. The topological polar surface area (TPSA) is 71.0 Å². The second-order valence-corrected chi connectivity index (χ2v) is 7.11. The number of nitrogens with one attached hydrogen (secondary N) is 1. The molecule has 2 aromatic heterocycles. The van der Waals surface area contributed by atoms with Gasteiger partial charge >= 0.3 is 0 Å². The third-order valence-electron chi connectivity index (χ3n) is 4.92. The van der Waals surface area contributed by atoms with E-state index in [0.717, 1.165) is 42.8 Å². The summed E-state index contributed by atoms with van der Waals surface area (Å²) in [6, 6.07) is 13.5. The minimum atomic E-state index is -0.0604. The van der Waals surface area contributed by atoms with Crippen LogP contribution < -0.4 is 10.2 Å². The highest BCUT2D eigenvalue weighted by Crippen LogP contribution is 2.20. The van der Waals surface area contributed by atoms with Crippen LogP contribution in [0.5, 0.6) is 0 Å². The molecule has 1 aliphatic rings. The van der Waals surface area contributed by atoms with E-state index in [-0.39, 0.29) is 11.9 Å². The van der Waals surface area contributed by atoms with Crippen LogP contribution >= 0.6 is 0 Å². The average molecular weight is 373 g/mol. The van der Waals surface area contributed by atoms with Crippen molar-refractivity contribution in [3.8, 4) is 11.3 Å². The standard InChI is InChI=1S/C22H23N5O/c1-16-8-9-20(25-14-16)17-5-2-6-18(13-17)21(28)26-19-7-3-12-27(15-19)22-23-10-4-11-24-22/h2,4-6,8-11,13-14,19H,3,7,12,15H2,1H3,(H,26,28). The number of rotatable bonds is 4. The molecule has 0 saturated carbocycles. The molecular weight excluding hydrogens is 350 g/mol. The lowest BCUT2D eigenvalue weighted by Gasteiger charge is -2.33. The van der Waals surface area contributed by atoms with Gasteiger partial charge in [-0.15, -0.1) is 0 Å². The van der Waals surface area contributed by atoms with Crippen LogP contribution in [0.25, 0.3) is 11.3 Å². The van der Waals surface area contributed by atoms with E-state index in [9.17, 15) is 4.79 Å². The van der Waals surface area contributed by atoms with Crippen LogP contribution in [0.1, 0.15) is 28.8 Å².